The predicted octanol–water partition coefficient (Wildman–Crippen LogP) is 2.64. The van der Waals surface area contributed by atoms with Crippen molar-refractivity contribution in [2.45, 2.75) is 6.43 Å². The highest BCUT2D eigenvalue weighted by atomic mass is 19.3. The Morgan fingerprint density at radius 3 is 2.79 bits per heavy atom. The number of methoxy groups -OCH3 is 1. The number of nitrogens with zero attached hydrogens (tertiary/aromatic N) is 2. The van der Waals surface area contributed by atoms with Crippen molar-refractivity contribution in [1.29, 1.82) is 0 Å². The second-order valence-corrected chi connectivity index (χ2v) is 4.88. The van der Waals surface area contributed by atoms with Gasteiger partial charge >= 0.3 is 0 Å². The van der Waals surface area contributed by atoms with Gasteiger partial charge in [-0.05, 0) is 24.3 Å². The van der Waals surface area contributed by atoms with E-state index in [0.717, 1.165) is 0 Å². The molecule has 8 heteroatoms. The fourth-order valence-electron chi connectivity index (χ4n) is 2.16. The summed E-state index contributed by atoms with van der Waals surface area (Å²) in [5.41, 5.74) is 0.432. The Balaban J connectivity index is 2.00. The van der Waals surface area contributed by atoms with Crippen LogP contribution in [-0.2, 0) is 0 Å². The molecule has 0 saturated heterocycles. The van der Waals surface area contributed by atoms with E-state index in [1.54, 1.807) is 18.2 Å². The second kappa shape index (κ2) is 6.61. The number of hydrogen-bond acceptors (Lipinski definition) is 5. The molecule has 3 rings (SSSR count). The summed E-state index contributed by atoms with van der Waals surface area (Å²) >= 11 is 0. The van der Waals surface area contributed by atoms with Crippen LogP contribution in [0.25, 0.3) is 22.4 Å². The molecule has 0 atom stereocenters. The number of benzene rings is 1. The van der Waals surface area contributed by atoms with Crippen LogP contribution in [0.5, 0.6) is 11.5 Å². The van der Waals surface area contributed by atoms with Crippen molar-refractivity contribution < 1.29 is 18.3 Å². The minimum absolute atomic E-state index is 0.220. The number of fused-ring (bicyclic) bond motifs is 1. The Bertz CT molecular complexity index is 928. The van der Waals surface area contributed by atoms with Gasteiger partial charge in [0.25, 0.3) is 12.0 Å². The van der Waals surface area contributed by atoms with Crippen molar-refractivity contribution in [2.75, 3.05) is 13.7 Å². The summed E-state index contributed by atoms with van der Waals surface area (Å²) in [4.78, 5) is 23.3. The average molecular weight is 333 g/mol. The van der Waals surface area contributed by atoms with Gasteiger partial charge < -0.3 is 14.5 Å². The number of alkyl halides is 2. The minimum atomic E-state index is -2.57. The van der Waals surface area contributed by atoms with Gasteiger partial charge in [0.05, 0.1) is 18.0 Å². The molecular formula is C16H13F2N3O3. The highest BCUT2D eigenvalue weighted by molar-refractivity contribution is 5.80. The van der Waals surface area contributed by atoms with Crippen molar-refractivity contribution in [3.63, 3.8) is 0 Å². The predicted molar refractivity (Wildman–Crippen MR) is 83.6 cm³/mol. The molecule has 3 aromatic rings. The van der Waals surface area contributed by atoms with Gasteiger partial charge in [-0.3, -0.25) is 9.78 Å². The molecule has 0 aliphatic rings. The van der Waals surface area contributed by atoms with E-state index >= 15 is 0 Å². The lowest BCUT2D eigenvalue weighted by Crippen LogP contribution is -2.10. The number of aromatic amines is 1. The molecule has 0 saturated carbocycles. The van der Waals surface area contributed by atoms with Crippen LogP contribution in [0.2, 0.25) is 0 Å². The second-order valence-electron chi connectivity index (χ2n) is 4.88. The molecule has 6 nitrogen and oxygen atoms in total. The standard InChI is InChI=1S/C16H13F2N3O3/c1-23-9-2-3-12-11(6-9)16(22)21-15(20-12)13-7-10(4-5-19-13)24-8-14(17)18/h2-7,14H,8H2,1H3,(H,20,21,22). The Morgan fingerprint density at radius 2 is 2.04 bits per heavy atom. The summed E-state index contributed by atoms with van der Waals surface area (Å²) < 4.78 is 34.5. The molecule has 0 aliphatic heterocycles. The number of H-pyrrole nitrogens is 1. The summed E-state index contributed by atoms with van der Waals surface area (Å²) in [6, 6.07) is 7.82. The smallest absolute Gasteiger partial charge is 0.272 e. The molecule has 0 aliphatic carbocycles. The number of nitrogens with one attached hydrogen (secondary N) is 1. The van der Waals surface area contributed by atoms with Crippen molar-refractivity contribution in [3.05, 3.63) is 46.9 Å². The molecule has 1 N–H and O–H groups in total. The highest BCUT2D eigenvalue weighted by Gasteiger charge is 2.10. The molecule has 0 fully saturated rings. The first-order valence-corrected chi connectivity index (χ1v) is 7.02. The van der Waals surface area contributed by atoms with Gasteiger partial charge in [0.1, 0.15) is 23.8 Å². The van der Waals surface area contributed by atoms with E-state index in [4.69, 9.17) is 9.47 Å². The summed E-state index contributed by atoms with van der Waals surface area (Å²) in [7, 11) is 1.51. The SMILES string of the molecule is COc1ccc2nc(-c3cc(OCC(F)F)ccn3)[nH]c(=O)c2c1. The lowest BCUT2D eigenvalue weighted by atomic mass is 10.2. The molecule has 0 bridgehead atoms. The van der Waals surface area contributed by atoms with Gasteiger partial charge in [-0.25, -0.2) is 13.8 Å². The summed E-state index contributed by atoms with van der Waals surface area (Å²) in [5, 5.41) is 0.378. The number of hydrogen-bond donors (Lipinski definition) is 1. The van der Waals surface area contributed by atoms with E-state index < -0.39 is 13.0 Å². The molecular weight excluding hydrogens is 320 g/mol. The molecule has 2 heterocycles. The minimum Gasteiger partial charge on any atom is -0.497 e. The van der Waals surface area contributed by atoms with E-state index in [1.807, 2.05) is 0 Å². The normalized spacial score (nSPS) is 11.0. The fourth-order valence-corrected chi connectivity index (χ4v) is 2.16. The zero-order valence-corrected chi connectivity index (χ0v) is 12.6. The third-order valence-electron chi connectivity index (χ3n) is 3.26. The molecule has 0 unspecified atom stereocenters. The number of ether oxygens (including phenoxy) is 2. The molecule has 0 radical (unpaired) electrons. The maximum Gasteiger partial charge on any atom is 0.272 e. The molecule has 0 amide bonds. The Labute approximate surface area is 135 Å². The summed E-state index contributed by atoms with van der Waals surface area (Å²) in [5.74, 6) is 0.987. The monoisotopic (exact) mass is 333 g/mol. The molecule has 24 heavy (non-hydrogen) atoms. The maximum atomic E-state index is 12.2. The van der Waals surface area contributed by atoms with Crippen LogP contribution in [0.15, 0.2) is 41.3 Å². The third kappa shape index (κ3) is 3.32. The van der Waals surface area contributed by atoms with Gasteiger partial charge in [-0.2, -0.15) is 0 Å². The Morgan fingerprint density at radius 1 is 1.21 bits per heavy atom. The fraction of sp³-hybridized carbons (Fsp3) is 0.188. The topological polar surface area (TPSA) is 77.1 Å². The quantitative estimate of drug-likeness (QED) is 0.777. The van der Waals surface area contributed by atoms with Gasteiger partial charge in [0.2, 0.25) is 0 Å². The lowest BCUT2D eigenvalue weighted by Gasteiger charge is -2.07. The van der Waals surface area contributed by atoms with Gasteiger partial charge in [-0.15, -0.1) is 0 Å². The Kier molecular flexibility index (Phi) is 4.37. The van der Waals surface area contributed by atoms with E-state index in [2.05, 4.69) is 15.0 Å². The molecule has 1 aromatic carbocycles. The van der Waals surface area contributed by atoms with Crippen LogP contribution in [0.4, 0.5) is 8.78 Å². The number of aromatic nitrogens is 3. The van der Waals surface area contributed by atoms with Gasteiger partial charge in [-0.1, -0.05) is 0 Å². The third-order valence-corrected chi connectivity index (χ3v) is 3.26. The lowest BCUT2D eigenvalue weighted by molar-refractivity contribution is 0.0819. The van der Waals surface area contributed by atoms with Crippen LogP contribution in [0.3, 0.4) is 0 Å². The average Bonchev–Trinajstić information content (AvgIpc) is 2.60. The first-order valence-electron chi connectivity index (χ1n) is 7.02. The number of rotatable bonds is 5. The van der Waals surface area contributed by atoms with Crippen LogP contribution >= 0.6 is 0 Å². The van der Waals surface area contributed by atoms with Gasteiger partial charge in [0.15, 0.2) is 5.82 Å². The Hall–Kier alpha value is -3.03. The van der Waals surface area contributed by atoms with Gasteiger partial charge in [0, 0.05) is 12.3 Å². The van der Waals surface area contributed by atoms with Crippen molar-refractivity contribution in [3.8, 4) is 23.0 Å². The summed E-state index contributed by atoms with van der Waals surface area (Å²) in [6.07, 6.45) is -1.18. The van der Waals surface area contributed by atoms with Crippen molar-refractivity contribution >= 4 is 10.9 Å². The van der Waals surface area contributed by atoms with E-state index in [1.165, 1.54) is 25.4 Å². The van der Waals surface area contributed by atoms with E-state index in [9.17, 15) is 13.6 Å². The van der Waals surface area contributed by atoms with Crippen molar-refractivity contribution in [1.82, 2.24) is 15.0 Å². The van der Waals surface area contributed by atoms with Crippen LogP contribution in [-0.4, -0.2) is 35.1 Å². The van der Waals surface area contributed by atoms with Crippen LogP contribution in [0, 0.1) is 0 Å². The van der Waals surface area contributed by atoms with E-state index in [0.29, 0.717) is 22.3 Å². The molecule has 0 spiro atoms. The van der Waals surface area contributed by atoms with Crippen LogP contribution in [0.1, 0.15) is 0 Å². The molecule has 2 aromatic heterocycles. The number of halogens is 2. The zero-order valence-electron chi connectivity index (χ0n) is 12.6. The van der Waals surface area contributed by atoms with E-state index in [-0.39, 0.29) is 17.1 Å². The zero-order chi connectivity index (χ0) is 17.1. The highest BCUT2D eigenvalue weighted by Crippen LogP contribution is 2.21. The number of pyridine rings is 1. The first kappa shape index (κ1) is 15.9. The first-order chi connectivity index (χ1) is 11.6. The van der Waals surface area contributed by atoms with Crippen molar-refractivity contribution in [2.24, 2.45) is 0 Å². The molecule has 124 valence electrons. The summed E-state index contributed by atoms with van der Waals surface area (Å²) in [6.45, 7) is -0.717. The maximum absolute atomic E-state index is 12.2. The largest absolute Gasteiger partial charge is 0.497 e. The van der Waals surface area contributed by atoms with Crippen LogP contribution < -0.4 is 15.0 Å².